The first-order valence-electron chi connectivity index (χ1n) is 7.59. The Kier molecular flexibility index (Phi) is 5.31. The van der Waals surface area contributed by atoms with Crippen molar-refractivity contribution in [3.63, 3.8) is 0 Å². The Morgan fingerprint density at radius 2 is 1.90 bits per heavy atom. The molecule has 1 aromatic heterocycles. The molecule has 0 aliphatic heterocycles. The normalized spacial score (nSPS) is 16.4. The van der Waals surface area contributed by atoms with Crippen molar-refractivity contribution in [2.45, 2.75) is 58.5 Å². The van der Waals surface area contributed by atoms with Crippen LogP contribution in [0.1, 0.15) is 48.9 Å². The van der Waals surface area contributed by atoms with Crippen molar-refractivity contribution in [2.75, 3.05) is 18.1 Å². The molecule has 1 heterocycles. The summed E-state index contributed by atoms with van der Waals surface area (Å²) in [7, 11) is 0. The van der Waals surface area contributed by atoms with Crippen LogP contribution in [0.25, 0.3) is 0 Å². The molecule has 5 heteroatoms. The number of aliphatic hydroxyl groups is 1. The average Bonchev–Trinajstić information content (AvgIpc) is 2.48. The van der Waals surface area contributed by atoms with E-state index in [0.29, 0.717) is 19.1 Å². The lowest BCUT2D eigenvalue weighted by atomic mass is 9.93. The summed E-state index contributed by atoms with van der Waals surface area (Å²) in [5.74, 6) is 0.872. The molecular formula is C15H26N4O. The fourth-order valence-corrected chi connectivity index (χ4v) is 3.08. The largest absolute Gasteiger partial charge is 0.395 e. The zero-order valence-electron chi connectivity index (χ0n) is 12.6. The second kappa shape index (κ2) is 6.99. The van der Waals surface area contributed by atoms with E-state index in [9.17, 15) is 5.11 Å². The zero-order valence-corrected chi connectivity index (χ0v) is 12.6. The van der Waals surface area contributed by atoms with Gasteiger partial charge in [-0.05, 0) is 32.3 Å². The van der Waals surface area contributed by atoms with E-state index in [-0.39, 0.29) is 6.61 Å². The van der Waals surface area contributed by atoms with Crippen LogP contribution in [0.15, 0.2) is 0 Å². The molecule has 5 nitrogen and oxygen atoms in total. The third kappa shape index (κ3) is 3.10. The molecule has 1 aromatic rings. The zero-order chi connectivity index (χ0) is 14.5. The second-order valence-electron chi connectivity index (χ2n) is 5.63. The van der Waals surface area contributed by atoms with Gasteiger partial charge in [0.15, 0.2) is 5.82 Å². The fraction of sp³-hybridized carbons (Fsp3) is 0.733. The summed E-state index contributed by atoms with van der Waals surface area (Å²) >= 11 is 0. The van der Waals surface area contributed by atoms with Gasteiger partial charge in [-0.2, -0.15) is 5.10 Å². The lowest BCUT2D eigenvalue weighted by Crippen LogP contribution is -2.40. The van der Waals surface area contributed by atoms with Crippen LogP contribution in [0.3, 0.4) is 0 Å². The SMILES string of the molecule is Cc1nnc(N(CCO)C2CCCCC2)c(CN)c1C. The number of hydrogen-bond donors (Lipinski definition) is 2. The van der Waals surface area contributed by atoms with Crippen molar-refractivity contribution in [1.29, 1.82) is 0 Å². The molecule has 20 heavy (non-hydrogen) atoms. The third-order valence-corrected chi connectivity index (χ3v) is 4.39. The topological polar surface area (TPSA) is 75.3 Å². The van der Waals surface area contributed by atoms with E-state index in [1.54, 1.807) is 0 Å². The molecule has 1 aliphatic carbocycles. The van der Waals surface area contributed by atoms with Gasteiger partial charge in [0, 0.05) is 24.7 Å². The summed E-state index contributed by atoms with van der Waals surface area (Å²) in [4.78, 5) is 2.22. The third-order valence-electron chi connectivity index (χ3n) is 4.39. The molecule has 0 unspecified atom stereocenters. The van der Waals surface area contributed by atoms with E-state index in [2.05, 4.69) is 15.1 Å². The fourth-order valence-electron chi connectivity index (χ4n) is 3.08. The predicted octanol–water partition coefficient (Wildman–Crippen LogP) is 1.68. The number of nitrogens with zero attached hydrogens (tertiary/aromatic N) is 3. The molecule has 0 bridgehead atoms. The highest BCUT2D eigenvalue weighted by atomic mass is 16.3. The maximum Gasteiger partial charge on any atom is 0.156 e. The molecule has 1 fully saturated rings. The van der Waals surface area contributed by atoms with Crippen molar-refractivity contribution < 1.29 is 5.11 Å². The average molecular weight is 278 g/mol. The Labute approximate surface area is 121 Å². The Balaban J connectivity index is 2.35. The van der Waals surface area contributed by atoms with Crippen LogP contribution in [-0.2, 0) is 6.54 Å². The number of aryl methyl sites for hydroxylation is 1. The standard InChI is InChI=1S/C15H26N4O/c1-11-12(2)17-18-15(14(11)10-16)19(8-9-20)13-6-4-3-5-7-13/h13,20H,3-10,16H2,1-2H3. The van der Waals surface area contributed by atoms with Gasteiger partial charge in [0.1, 0.15) is 0 Å². The van der Waals surface area contributed by atoms with E-state index in [4.69, 9.17) is 5.73 Å². The Bertz CT molecular complexity index is 444. The van der Waals surface area contributed by atoms with E-state index >= 15 is 0 Å². The monoisotopic (exact) mass is 278 g/mol. The van der Waals surface area contributed by atoms with Gasteiger partial charge in [-0.1, -0.05) is 19.3 Å². The van der Waals surface area contributed by atoms with Gasteiger partial charge in [-0.3, -0.25) is 0 Å². The molecule has 1 saturated carbocycles. The van der Waals surface area contributed by atoms with E-state index in [0.717, 1.165) is 22.6 Å². The summed E-state index contributed by atoms with van der Waals surface area (Å²) in [5, 5.41) is 18.0. The van der Waals surface area contributed by atoms with Gasteiger partial charge < -0.3 is 15.7 Å². The second-order valence-corrected chi connectivity index (χ2v) is 5.63. The molecule has 0 atom stereocenters. The highest BCUT2D eigenvalue weighted by Gasteiger charge is 2.25. The van der Waals surface area contributed by atoms with E-state index in [1.807, 2.05) is 13.8 Å². The molecule has 1 aliphatic rings. The number of aliphatic hydroxyl groups excluding tert-OH is 1. The molecule has 0 saturated heterocycles. The number of hydrogen-bond acceptors (Lipinski definition) is 5. The van der Waals surface area contributed by atoms with Crippen LogP contribution in [-0.4, -0.2) is 34.5 Å². The number of nitrogens with two attached hydrogens (primary N) is 1. The Morgan fingerprint density at radius 3 is 2.50 bits per heavy atom. The van der Waals surface area contributed by atoms with Gasteiger partial charge in [-0.15, -0.1) is 5.10 Å². The quantitative estimate of drug-likeness (QED) is 0.857. The van der Waals surface area contributed by atoms with Crippen molar-refractivity contribution >= 4 is 5.82 Å². The summed E-state index contributed by atoms with van der Waals surface area (Å²) in [6, 6.07) is 0.456. The van der Waals surface area contributed by atoms with Gasteiger partial charge in [-0.25, -0.2) is 0 Å². The lowest BCUT2D eigenvalue weighted by Gasteiger charge is -2.36. The molecule has 0 spiro atoms. The molecule has 112 valence electrons. The van der Waals surface area contributed by atoms with Crippen molar-refractivity contribution in [1.82, 2.24) is 10.2 Å². The van der Waals surface area contributed by atoms with Crippen LogP contribution in [0.2, 0.25) is 0 Å². The summed E-state index contributed by atoms with van der Waals surface area (Å²) in [6.45, 7) is 5.21. The van der Waals surface area contributed by atoms with Gasteiger partial charge in [0.2, 0.25) is 0 Å². The maximum atomic E-state index is 9.40. The molecule has 0 radical (unpaired) electrons. The van der Waals surface area contributed by atoms with Crippen LogP contribution in [0.5, 0.6) is 0 Å². The summed E-state index contributed by atoms with van der Waals surface area (Å²) in [6.07, 6.45) is 6.15. The van der Waals surface area contributed by atoms with E-state index < -0.39 is 0 Å². The van der Waals surface area contributed by atoms with Crippen molar-refractivity contribution in [3.05, 3.63) is 16.8 Å². The molecule has 3 N–H and O–H groups in total. The Hall–Kier alpha value is -1.20. The minimum Gasteiger partial charge on any atom is -0.395 e. The minimum absolute atomic E-state index is 0.134. The number of aromatic nitrogens is 2. The first kappa shape index (κ1) is 15.2. The van der Waals surface area contributed by atoms with Crippen molar-refractivity contribution in [2.24, 2.45) is 5.73 Å². The number of rotatable bonds is 5. The summed E-state index contributed by atoms with van der Waals surface area (Å²) < 4.78 is 0. The van der Waals surface area contributed by atoms with Crippen LogP contribution in [0, 0.1) is 13.8 Å². The maximum absolute atomic E-state index is 9.40. The Morgan fingerprint density at radius 1 is 1.20 bits per heavy atom. The summed E-state index contributed by atoms with van der Waals surface area (Å²) in [5.41, 5.74) is 9.05. The van der Waals surface area contributed by atoms with Gasteiger partial charge in [0.05, 0.1) is 12.3 Å². The molecule has 0 aromatic carbocycles. The molecule has 0 amide bonds. The van der Waals surface area contributed by atoms with Gasteiger partial charge >= 0.3 is 0 Å². The minimum atomic E-state index is 0.134. The molecular weight excluding hydrogens is 252 g/mol. The highest BCUT2D eigenvalue weighted by molar-refractivity contribution is 5.51. The first-order valence-corrected chi connectivity index (χ1v) is 7.59. The van der Waals surface area contributed by atoms with Crippen LogP contribution < -0.4 is 10.6 Å². The highest BCUT2D eigenvalue weighted by Crippen LogP contribution is 2.29. The van der Waals surface area contributed by atoms with Crippen LogP contribution in [0.4, 0.5) is 5.82 Å². The van der Waals surface area contributed by atoms with Crippen molar-refractivity contribution in [3.8, 4) is 0 Å². The van der Waals surface area contributed by atoms with Crippen LogP contribution >= 0.6 is 0 Å². The number of anilines is 1. The van der Waals surface area contributed by atoms with E-state index in [1.165, 1.54) is 32.1 Å². The molecule has 2 rings (SSSR count). The smallest absolute Gasteiger partial charge is 0.156 e. The lowest BCUT2D eigenvalue weighted by molar-refractivity contribution is 0.289. The first-order chi connectivity index (χ1) is 9.69. The predicted molar refractivity (Wildman–Crippen MR) is 80.7 cm³/mol. The van der Waals surface area contributed by atoms with Gasteiger partial charge in [0.25, 0.3) is 0 Å².